The van der Waals surface area contributed by atoms with Gasteiger partial charge in [0.05, 0.1) is 5.41 Å². The van der Waals surface area contributed by atoms with Crippen molar-refractivity contribution in [2.24, 2.45) is 0 Å². The number of carbonyl (C=O) groups is 1. The molecule has 0 spiro atoms. The van der Waals surface area contributed by atoms with E-state index < -0.39 is 5.41 Å². The summed E-state index contributed by atoms with van der Waals surface area (Å²) in [5, 5.41) is 1.68. The highest BCUT2D eigenvalue weighted by molar-refractivity contribution is 5.87. The van der Waals surface area contributed by atoms with Gasteiger partial charge in [-0.1, -0.05) is 17.7 Å². The van der Waals surface area contributed by atoms with E-state index in [1.165, 1.54) is 16.7 Å². The summed E-state index contributed by atoms with van der Waals surface area (Å²) >= 11 is 0. The summed E-state index contributed by atoms with van der Waals surface area (Å²) in [6.07, 6.45) is 0. The number of hydrogen-bond acceptors (Lipinski definition) is 2. The van der Waals surface area contributed by atoms with Crippen LogP contribution in [0, 0.1) is 20.8 Å². The lowest BCUT2D eigenvalue weighted by molar-refractivity contribution is -0.129. The van der Waals surface area contributed by atoms with E-state index in [1.807, 2.05) is 27.9 Å². The third-order valence-electron chi connectivity index (χ3n) is 3.19. The van der Waals surface area contributed by atoms with Gasteiger partial charge in [0.1, 0.15) is 0 Å². The Morgan fingerprint density at radius 1 is 1.11 bits per heavy atom. The second-order valence-electron chi connectivity index (χ2n) is 5.73. The molecule has 3 nitrogen and oxygen atoms in total. The van der Waals surface area contributed by atoms with E-state index in [1.54, 1.807) is 5.01 Å². The van der Waals surface area contributed by atoms with Gasteiger partial charge in [-0.3, -0.25) is 10.2 Å². The van der Waals surface area contributed by atoms with Crippen LogP contribution in [0.5, 0.6) is 0 Å². The van der Waals surface area contributed by atoms with E-state index in [0.29, 0.717) is 0 Å². The molecule has 0 aliphatic carbocycles. The number of amides is 1. The zero-order valence-electron chi connectivity index (χ0n) is 12.5. The van der Waals surface area contributed by atoms with Crippen molar-refractivity contribution < 1.29 is 4.79 Å². The lowest BCUT2D eigenvalue weighted by Crippen LogP contribution is -2.46. The first-order valence-corrected chi connectivity index (χ1v) is 6.23. The van der Waals surface area contributed by atoms with Gasteiger partial charge in [0, 0.05) is 14.1 Å². The van der Waals surface area contributed by atoms with Crippen LogP contribution in [0.25, 0.3) is 0 Å². The fraction of sp³-hybridized carbons (Fsp3) is 0.533. The van der Waals surface area contributed by atoms with Crippen molar-refractivity contribution in [3.8, 4) is 0 Å². The average Bonchev–Trinajstić information content (AvgIpc) is 2.13. The number of hydrazine groups is 1. The third-order valence-corrected chi connectivity index (χ3v) is 3.19. The second-order valence-corrected chi connectivity index (χ2v) is 5.73. The molecule has 1 N–H and O–H groups in total. The van der Waals surface area contributed by atoms with E-state index in [9.17, 15) is 4.79 Å². The van der Waals surface area contributed by atoms with Gasteiger partial charge in [-0.25, -0.2) is 5.01 Å². The van der Waals surface area contributed by atoms with Gasteiger partial charge in [0.15, 0.2) is 0 Å². The Hall–Kier alpha value is -1.35. The molecule has 0 atom stereocenters. The Labute approximate surface area is 110 Å². The largest absolute Gasteiger partial charge is 0.289 e. The number of nitrogens with one attached hydrogen (secondary N) is 1. The first kappa shape index (κ1) is 14.7. The first-order chi connectivity index (χ1) is 8.16. The van der Waals surface area contributed by atoms with Crippen LogP contribution in [0.15, 0.2) is 12.1 Å². The third kappa shape index (κ3) is 2.91. The Bertz CT molecular complexity index is 439. The molecule has 0 aliphatic rings. The zero-order valence-corrected chi connectivity index (χ0v) is 12.5. The minimum atomic E-state index is -0.536. The van der Waals surface area contributed by atoms with Crippen LogP contribution in [0.4, 0.5) is 0 Å². The molecule has 0 saturated carbocycles. The van der Waals surface area contributed by atoms with E-state index in [2.05, 4.69) is 38.3 Å². The van der Waals surface area contributed by atoms with Crippen molar-refractivity contribution in [2.45, 2.75) is 40.0 Å². The quantitative estimate of drug-likeness (QED) is 0.834. The normalized spacial score (nSPS) is 11.8. The van der Waals surface area contributed by atoms with E-state index >= 15 is 0 Å². The van der Waals surface area contributed by atoms with Gasteiger partial charge >= 0.3 is 0 Å². The maximum atomic E-state index is 12.3. The van der Waals surface area contributed by atoms with Crippen LogP contribution in [0.2, 0.25) is 0 Å². The monoisotopic (exact) mass is 248 g/mol. The Kier molecular flexibility index (Phi) is 4.17. The summed E-state index contributed by atoms with van der Waals surface area (Å²) in [7, 11) is 3.64. The lowest BCUT2D eigenvalue weighted by atomic mass is 9.78. The van der Waals surface area contributed by atoms with E-state index in [4.69, 9.17) is 0 Å². The average molecular weight is 248 g/mol. The Morgan fingerprint density at radius 3 is 1.94 bits per heavy atom. The second kappa shape index (κ2) is 5.11. The molecule has 1 rings (SSSR count). The molecule has 0 unspecified atom stereocenters. The predicted octanol–water partition coefficient (Wildman–Crippen LogP) is 2.48. The maximum Gasteiger partial charge on any atom is 0.244 e. The van der Waals surface area contributed by atoms with Crippen molar-refractivity contribution in [1.82, 2.24) is 10.4 Å². The summed E-state index contributed by atoms with van der Waals surface area (Å²) in [6, 6.07) is 4.26. The molecule has 1 aromatic carbocycles. The minimum Gasteiger partial charge on any atom is -0.289 e. The van der Waals surface area contributed by atoms with Gasteiger partial charge in [-0.05, 0) is 51.3 Å². The zero-order chi connectivity index (χ0) is 14.1. The number of carbonyl (C=O) groups excluding carboxylic acids is 1. The molecule has 0 heterocycles. The molecular weight excluding hydrogens is 224 g/mol. The van der Waals surface area contributed by atoms with Crippen LogP contribution in [-0.4, -0.2) is 25.0 Å². The van der Waals surface area contributed by atoms with Gasteiger partial charge < -0.3 is 0 Å². The summed E-state index contributed by atoms with van der Waals surface area (Å²) in [6.45, 7) is 10.2. The highest BCUT2D eigenvalue weighted by atomic mass is 16.2. The smallest absolute Gasteiger partial charge is 0.244 e. The predicted molar refractivity (Wildman–Crippen MR) is 75.5 cm³/mol. The van der Waals surface area contributed by atoms with Crippen molar-refractivity contribution in [2.75, 3.05) is 14.1 Å². The molecule has 1 amide bonds. The molecule has 0 saturated heterocycles. The summed E-state index contributed by atoms with van der Waals surface area (Å²) in [5.74, 6) is 0.0163. The van der Waals surface area contributed by atoms with Gasteiger partial charge in [0.25, 0.3) is 0 Å². The number of rotatable bonds is 3. The van der Waals surface area contributed by atoms with Gasteiger partial charge in [-0.2, -0.15) is 0 Å². The van der Waals surface area contributed by atoms with Crippen LogP contribution < -0.4 is 5.43 Å². The van der Waals surface area contributed by atoms with Gasteiger partial charge in [0.2, 0.25) is 5.91 Å². The highest BCUT2D eigenvalue weighted by Gasteiger charge is 2.32. The van der Waals surface area contributed by atoms with Crippen LogP contribution >= 0.6 is 0 Å². The lowest BCUT2D eigenvalue weighted by Gasteiger charge is -2.29. The molecular formula is C15H24N2O. The molecule has 0 aliphatic heterocycles. The van der Waals surface area contributed by atoms with Crippen LogP contribution in [0.3, 0.4) is 0 Å². The van der Waals surface area contributed by atoms with E-state index in [-0.39, 0.29) is 5.91 Å². The molecule has 0 fully saturated rings. The topological polar surface area (TPSA) is 32.3 Å². The molecule has 1 aromatic rings. The van der Waals surface area contributed by atoms with Crippen LogP contribution in [-0.2, 0) is 10.2 Å². The fourth-order valence-electron chi connectivity index (χ4n) is 2.62. The molecule has 18 heavy (non-hydrogen) atoms. The molecule has 0 radical (unpaired) electrons. The first-order valence-electron chi connectivity index (χ1n) is 6.23. The molecule has 0 aromatic heterocycles. The number of hydrogen-bond donors (Lipinski definition) is 1. The number of aryl methyl sites for hydroxylation is 3. The van der Waals surface area contributed by atoms with Crippen molar-refractivity contribution in [1.29, 1.82) is 0 Å². The summed E-state index contributed by atoms with van der Waals surface area (Å²) in [4.78, 5) is 12.3. The maximum absolute atomic E-state index is 12.3. The molecule has 100 valence electrons. The highest BCUT2D eigenvalue weighted by Crippen LogP contribution is 2.30. The van der Waals surface area contributed by atoms with Crippen molar-refractivity contribution in [3.05, 3.63) is 34.4 Å². The summed E-state index contributed by atoms with van der Waals surface area (Å²) < 4.78 is 0. The van der Waals surface area contributed by atoms with E-state index in [0.717, 1.165) is 5.56 Å². The van der Waals surface area contributed by atoms with Crippen molar-refractivity contribution >= 4 is 5.91 Å². The molecule has 0 bridgehead atoms. The molecule has 3 heteroatoms. The fourth-order valence-corrected chi connectivity index (χ4v) is 2.62. The van der Waals surface area contributed by atoms with Crippen molar-refractivity contribution in [3.63, 3.8) is 0 Å². The Balaban J connectivity index is 3.24. The van der Waals surface area contributed by atoms with Crippen LogP contribution in [0.1, 0.15) is 36.1 Å². The Morgan fingerprint density at radius 2 is 1.56 bits per heavy atom. The number of benzene rings is 1. The number of nitrogens with zero attached hydrogens (tertiary/aromatic N) is 1. The SMILES string of the molecule is Cc1cc(C)c(C(C)(C)C(=O)NN(C)C)c(C)c1. The van der Waals surface area contributed by atoms with Gasteiger partial charge in [-0.15, -0.1) is 0 Å². The standard InChI is InChI=1S/C15H24N2O/c1-10-8-11(2)13(12(3)9-10)15(4,5)14(18)16-17(6)7/h8-9H,1-7H3,(H,16,18). The summed E-state index contributed by atoms with van der Waals surface area (Å²) in [5.41, 5.74) is 7.01. The minimum absolute atomic E-state index is 0.0163.